The van der Waals surface area contributed by atoms with Crippen LogP contribution in [0.4, 0.5) is 0 Å². The number of aliphatic hydroxyl groups excluding tert-OH is 1. The van der Waals surface area contributed by atoms with Gasteiger partial charge in [0.05, 0.1) is 11.8 Å². The third kappa shape index (κ3) is 1.77. The van der Waals surface area contributed by atoms with Crippen LogP contribution < -0.4 is 0 Å². The lowest BCUT2D eigenvalue weighted by Crippen LogP contribution is -2.22. The lowest BCUT2D eigenvalue weighted by molar-refractivity contribution is -0.00780. The highest BCUT2D eigenvalue weighted by molar-refractivity contribution is 6.01. The maximum Gasteiger partial charge on any atom is 0.158 e. The molecule has 0 aliphatic carbocycles. The van der Waals surface area contributed by atoms with Gasteiger partial charge in [-0.25, -0.2) is 0 Å². The van der Waals surface area contributed by atoms with Crippen molar-refractivity contribution in [3.8, 4) is 0 Å². The van der Waals surface area contributed by atoms with Crippen molar-refractivity contribution >= 4 is 5.71 Å². The lowest BCUT2D eigenvalue weighted by Gasteiger charge is -2.09. The van der Waals surface area contributed by atoms with Gasteiger partial charge in [0.2, 0.25) is 0 Å². The predicted molar refractivity (Wildman–Crippen MR) is 54.1 cm³/mol. The predicted octanol–water partition coefficient (Wildman–Crippen LogP) is 1.56. The monoisotopic (exact) mass is 191 g/mol. The van der Waals surface area contributed by atoms with E-state index in [1.807, 2.05) is 30.3 Å². The summed E-state index contributed by atoms with van der Waals surface area (Å²) in [5.41, 5.74) is 1.98. The molecule has 0 fully saturated rings. The minimum absolute atomic E-state index is 0.190. The molecule has 0 bridgehead atoms. The molecule has 3 nitrogen and oxygen atoms in total. The van der Waals surface area contributed by atoms with E-state index in [0.717, 1.165) is 11.3 Å². The molecule has 0 spiro atoms. The van der Waals surface area contributed by atoms with Crippen LogP contribution in [-0.2, 0) is 4.84 Å². The van der Waals surface area contributed by atoms with Crippen LogP contribution in [0.2, 0.25) is 0 Å². The zero-order valence-electron chi connectivity index (χ0n) is 8.05. The molecule has 0 radical (unpaired) electrons. The Morgan fingerprint density at radius 1 is 1.43 bits per heavy atom. The standard InChI is InChI=1S/C11H13NO2/c1-8(13)11-7-10(12-14-11)9-5-3-2-4-6-9/h2-6,8,11,13H,7H2,1H3/t8-,11-/m1/s1. The van der Waals surface area contributed by atoms with Crippen molar-refractivity contribution in [2.75, 3.05) is 0 Å². The number of aliphatic hydroxyl groups is 1. The Morgan fingerprint density at radius 2 is 2.14 bits per heavy atom. The van der Waals surface area contributed by atoms with Crippen molar-refractivity contribution in [3.63, 3.8) is 0 Å². The van der Waals surface area contributed by atoms with E-state index in [9.17, 15) is 5.11 Å². The molecule has 2 rings (SSSR count). The SMILES string of the molecule is C[C@@H](O)[C@H]1CC(c2ccccc2)=NO1. The van der Waals surface area contributed by atoms with Crippen LogP contribution in [0.3, 0.4) is 0 Å². The van der Waals surface area contributed by atoms with E-state index in [-0.39, 0.29) is 6.10 Å². The third-order valence-corrected chi connectivity index (χ3v) is 2.34. The van der Waals surface area contributed by atoms with E-state index in [1.165, 1.54) is 0 Å². The summed E-state index contributed by atoms with van der Waals surface area (Å²) in [5, 5.41) is 13.3. The Bertz CT molecular complexity index is 332. The van der Waals surface area contributed by atoms with Crippen LogP contribution >= 0.6 is 0 Å². The summed E-state index contributed by atoms with van der Waals surface area (Å²) >= 11 is 0. The fourth-order valence-corrected chi connectivity index (χ4v) is 1.46. The highest BCUT2D eigenvalue weighted by Gasteiger charge is 2.25. The maximum atomic E-state index is 9.32. The molecule has 1 aromatic carbocycles. The van der Waals surface area contributed by atoms with Crippen LogP contribution in [-0.4, -0.2) is 23.0 Å². The Kier molecular flexibility index (Phi) is 2.50. The first-order valence-electron chi connectivity index (χ1n) is 4.73. The Hall–Kier alpha value is -1.35. The van der Waals surface area contributed by atoms with Crippen LogP contribution in [0.15, 0.2) is 35.5 Å². The van der Waals surface area contributed by atoms with Gasteiger partial charge in [0.25, 0.3) is 0 Å². The Morgan fingerprint density at radius 3 is 2.71 bits per heavy atom. The smallest absolute Gasteiger partial charge is 0.158 e. The third-order valence-electron chi connectivity index (χ3n) is 2.34. The van der Waals surface area contributed by atoms with E-state index in [4.69, 9.17) is 4.84 Å². The van der Waals surface area contributed by atoms with Gasteiger partial charge < -0.3 is 9.94 Å². The van der Waals surface area contributed by atoms with Crippen molar-refractivity contribution < 1.29 is 9.94 Å². The van der Waals surface area contributed by atoms with Crippen LogP contribution in [0.25, 0.3) is 0 Å². The summed E-state index contributed by atoms with van der Waals surface area (Å²) in [6.45, 7) is 1.72. The molecular weight excluding hydrogens is 178 g/mol. The van der Waals surface area contributed by atoms with Crippen LogP contribution in [0, 0.1) is 0 Å². The van der Waals surface area contributed by atoms with E-state index < -0.39 is 6.10 Å². The van der Waals surface area contributed by atoms with E-state index in [1.54, 1.807) is 6.92 Å². The molecule has 74 valence electrons. The molecule has 14 heavy (non-hydrogen) atoms. The molecule has 0 unspecified atom stereocenters. The second-order valence-electron chi connectivity index (χ2n) is 3.49. The van der Waals surface area contributed by atoms with E-state index in [0.29, 0.717) is 6.42 Å². The number of hydrogen-bond donors (Lipinski definition) is 1. The van der Waals surface area contributed by atoms with Gasteiger partial charge in [0.1, 0.15) is 0 Å². The zero-order chi connectivity index (χ0) is 9.97. The number of benzene rings is 1. The van der Waals surface area contributed by atoms with Gasteiger partial charge in [-0.3, -0.25) is 0 Å². The second kappa shape index (κ2) is 3.80. The van der Waals surface area contributed by atoms with Gasteiger partial charge in [-0.15, -0.1) is 0 Å². The van der Waals surface area contributed by atoms with Crippen molar-refractivity contribution in [1.29, 1.82) is 0 Å². The molecule has 1 heterocycles. The van der Waals surface area contributed by atoms with Gasteiger partial charge in [-0.2, -0.15) is 0 Å². The highest BCUT2D eigenvalue weighted by Crippen LogP contribution is 2.18. The van der Waals surface area contributed by atoms with Crippen molar-refractivity contribution in [2.45, 2.75) is 25.6 Å². The first-order valence-corrected chi connectivity index (χ1v) is 4.73. The minimum atomic E-state index is -0.472. The molecule has 0 saturated carbocycles. The molecule has 1 aliphatic rings. The molecule has 1 aromatic rings. The number of hydrogen-bond acceptors (Lipinski definition) is 3. The molecule has 0 saturated heterocycles. The number of rotatable bonds is 2. The molecule has 1 N–H and O–H groups in total. The van der Waals surface area contributed by atoms with Gasteiger partial charge in [0.15, 0.2) is 6.10 Å². The summed E-state index contributed by atoms with van der Waals surface area (Å²) in [6.07, 6.45) is 0.0203. The highest BCUT2D eigenvalue weighted by atomic mass is 16.6. The van der Waals surface area contributed by atoms with Gasteiger partial charge in [-0.05, 0) is 12.5 Å². The minimum Gasteiger partial charge on any atom is -0.389 e. The average Bonchev–Trinajstić information content (AvgIpc) is 2.68. The van der Waals surface area contributed by atoms with Crippen LogP contribution in [0.1, 0.15) is 18.9 Å². The largest absolute Gasteiger partial charge is 0.389 e. The second-order valence-corrected chi connectivity index (χ2v) is 3.49. The average molecular weight is 191 g/mol. The summed E-state index contributed by atoms with van der Waals surface area (Å²) in [6, 6.07) is 9.88. The molecule has 2 atom stereocenters. The molecule has 1 aliphatic heterocycles. The number of oxime groups is 1. The first kappa shape index (κ1) is 9.21. The molecule has 0 amide bonds. The fourth-order valence-electron chi connectivity index (χ4n) is 1.46. The topological polar surface area (TPSA) is 41.8 Å². The van der Waals surface area contributed by atoms with Crippen LogP contribution in [0.5, 0.6) is 0 Å². The Labute approximate surface area is 83.0 Å². The van der Waals surface area contributed by atoms with E-state index in [2.05, 4.69) is 5.16 Å². The quantitative estimate of drug-likeness (QED) is 0.770. The van der Waals surface area contributed by atoms with Gasteiger partial charge in [-0.1, -0.05) is 35.5 Å². The first-order chi connectivity index (χ1) is 6.77. The molecule has 3 heteroatoms. The number of nitrogens with zero attached hydrogens (tertiary/aromatic N) is 1. The normalized spacial score (nSPS) is 22.7. The molecular formula is C11H13NO2. The maximum absolute atomic E-state index is 9.32. The van der Waals surface area contributed by atoms with E-state index >= 15 is 0 Å². The van der Waals surface area contributed by atoms with Gasteiger partial charge in [0, 0.05) is 6.42 Å². The fraction of sp³-hybridized carbons (Fsp3) is 0.364. The molecule has 0 aromatic heterocycles. The summed E-state index contributed by atoms with van der Waals surface area (Å²) in [7, 11) is 0. The summed E-state index contributed by atoms with van der Waals surface area (Å²) in [5.74, 6) is 0. The summed E-state index contributed by atoms with van der Waals surface area (Å²) < 4.78 is 0. The van der Waals surface area contributed by atoms with Gasteiger partial charge >= 0.3 is 0 Å². The van der Waals surface area contributed by atoms with Crippen molar-refractivity contribution in [1.82, 2.24) is 0 Å². The van der Waals surface area contributed by atoms with Crippen molar-refractivity contribution in [3.05, 3.63) is 35.9 Å². The van der Waals surface area contributed by atoms with Crippen molar-refractivity contribution in [2.24, 2.45) is 5.16 Å². The zero-order valence-corrected chi connectivity index (χ0v) is 8.05. The Balaban J connectivity index is 2.09. The lowest BCUT2D eigenvalue weighted by atomic mass is 10.0. The summed E-state index contributed by atoms with van der Waals surface area (Å²) in [4.78, 5) is 5.12.